The van der Waals surface area contributed by atoms with Crippen LogP contribution in [0, 0.1) is 12.8 Å². The standard InChI is InChI=1S/C21H29NO/c1-17(2)14-22(15-20-11-7-8-18(3)12-20)16-21(23)13-19-9-5-4-6-10-19/h4-12,17,21,23H,13-16H2,1-3H3/t21-/m1/s1. The Bertz CT molecular complexity index is 579. The summed E-state index contributed by atoms with van der Waals surface area (Å²) in [5.74, 6) is 0.587. The fourth-order valence-corrected chi connectivity index (χ4v) is 3.04. The highest BCUT2D eigenvalue weighted by molar-refractivity contribution is 5.22. The minimum Gasteiger partial charge on any atom is -0.391 e. The molecular formula is C21H29NO. The van der Waals surface area contributed by atoms with Crippen molar-refractivity contribution in [2.75, 3.05) is 13.1 Å². The second-order valence-electron chi connectivity index (χ2n) is 6.92. The van der Waals surface area contributed by atoms with E-state index < -0.39 is 0 Å². The van der Waals surface area contributed by atoms with Crippen molar-refractivity contribution in [3.05, 3.63) is 71.3 Å². The number of aliphatic hydroxyl groups is 1. The van der Waals surface area contributed by atoms with E-state index in [-0.39, 0.29) is 6.10 Å². The lowest BCUT2D eigenvalue weighted by Gasteiger charge is -2.27. The van der Waals surface area contributed by atoms with Gasteiger partial charge in [0.1, 0.15) is 0 Å². The molecule has 0 unspecified atom stereocenters. The summed E-state index contributed by atoms with van der Waals surface area (Å²) >= 11 is 0. The van der Waals surface area contributed by atoms with E-state index in [1.54, 1.807) is 0 Å². The molecule has 2 aromatic carbocycles. The number of aliphatic hydroxyl groups excluding tert-OH is 1. The number of hydrogen-bond donors (Lipinski definition) is 1. The molecule has 0 fully saturated rings. The van der Waals surface area contributed by atoms with E-state index in [0.717, 1.165) is 13.1 Å². The van der Waals surface area contributed by atoms with Crippen molar-refractivity contribution in [1.29, 1.82) is 0 Å². The maximum atomic E-state index is 10.5. The molecule has 1 N–H and O–H groups in total. The van der Waals surface area contributed by atoms with E-state index in [1.807, 2.05) is 18.2 Å². The van der Waals surface area contributed by atoms with Gasteiger partial charge >= 0.3 is 0 Å². The van der Waals surface area contributed by atoms with Crippen LogP contribution >= 0.6 is 0 Å². The third-order valence-electron chi connectivity index (χ3n) is 3.90. The number of benzene rings is 2. The maximum absolute atomic E-state index is 10.5. The maximum Gasteiger partial charge on any atom is 0.0707 e. The van der Waals surface area contributed by atoms with Gasteiger partial charge in [0.15, 0.2) is 0 Å². The molecule has 0 spiro atoms. The Morgan fingerprint density at radius 3 is 2.26 bits per heavy atom. The minimum atomic E-state index is -0.332. The predicted octanol–water partition coefficient (Wildman–Crippen LogP) is 4.06. The van der Waals surface area contributed by atoms with Crippen molar-refractivity contribution in [3.8, 4) is 0 Å². The normalized spacial score (nSPS) is 12.8. The third-order valence-corrected chi connectivity index (χ3v) is 3.90. The molecule has 124 valence electrons. The monoisotopic (exact) mass is 311 g/mol. The molecule has 0 aliphatic carbocycles. The fourth-order valence-electron chi connectivity index (χ4n) is 3.04. The quantitative estimate of drug-likeness (QED) is 0.795. The Kier molecular flexibility index (Phi) is 6.82. The molecule has 0 aliphatic heterocycles. The number of hydrogen-bond acceptors (Lipinski definition) is 2. The fraction of sp³-hybridized carbons (Fsp3) is 0.429. The summed E-state index contributed by atoms with van der Waals surface area (Å²) < 4.78 is 0. The SMILES string of the molecule is Cc1cccc(CN(CC(C)C)C[C@H](O)Cc2ccccc2)c1. The van der Waals surface area contributed by atoms with Gasteiger partial charge in [0.2, 0.25) is 0 Å². The highest BCUT2D eigenvalue weighted by Crippen LogP contribution is 2.12. The zero-order chi connectivity index (χ0) is 16.7. The Hall–Kier alpha value is -1.64. The van der Waals surface area contributed by atoms with Crippen molar-refractivity contribution in [3.63, 3.8) is 0 Å². The van der Waals surface area contributed by atoms with Gasteiger partial charge in [-0.2, -0.15) is 0 Å². The molecule has 2 heteroatoms. The van der Waals surface area contributed by atoms with Gasteiger partial charge in [0.05, 0.1) is 6.10 Å². The van der Waals surface area contributed by atoms with Gasteiger partial charge < -0.3 is 5.11 Å². The molecule has 0 radical (unpaired) electrons. The van der Waals surface area contributed by atoms with Crippen LogP contribution in [0.1, 0.15) is 30.5 Å². The largest absolute Gasteiger partial charge is 0.391 e. The van der Waals surface area contributed by atoms with Crippen LogP contribution in [-0.4, -0.2) is 29.2 Å². The number of nitrogens with zero attached hydrogens (tertiary/aromatic N) is 1. The first-order valence-corrected chi connectivity index (χ1v) is 8.53. The van der Waals surface area contributed by atoms with Gasteiger partial charge in [-0.05, 0) is 30.4 Å². The van der Waals surface area contributed by atoms with Gasteiger partial charge in [0, 0.05) is 19.6 Å². The lowest BCUT2D eigenvalue weighted by molar-refractivity contribution is 0.101. The first-order chi connectivity index (χ1) is 11.0. The summed E-state index contributed by atoms with van der Waals surface area (Å²) in [7, 11) is 0. The van der Waals surface area contributed by atoms with Gasteiger partial charge in [-0.25, -0.2) is 0 Å². The second kappa shape index (κ2) is 8.85. The molecule has 23 heavy (non-hydrogen) atoms. The van der Waals surface area contributed by atoms with Crippen LogP contribution < -0.4 is 0 Å². The van der Waals surface area contributed by atoms with Crippen molar-refractivity contribution >= 4 is 0 Å². The molecule has 0 saturated heterocycles. The predicted molar refractivity (Wildman–Crippen MR) is 97.4 cm³/mol. The topological polar surface area (TPSA) is 23.5 Å². The Balaban J connectivity index is 1.97. The van der Waals surface area contributed by atoms with Crippen LogP contribution in [-0.2, 0) is 13.0 Å². The van der Waals surface area contributed by atoms with E-state index in [1.165, 1.54) is 16.7 Å². The molecule has 0 amide bonds. The van der Waals surface area contributed by atoms with Gasteiger partial charge in [-0.15, -0.1) is 0 Å². The molecule has 0 saturated carbocycles. The molecule has 1 atom stereocenters. The summed E-state index contributed by atoms with van der Waals surface area (Å²) in [5, 5.41) is 10.5. The molecule has 0 aromatic heterocycles. The van der Waals surface area contributed by atoms with Crippen LogP contribution in [0.25, 0.3) is 0 Å². The number of rotatable bonds is 8. The van der Waals surface area contributed by atoms with E-state index in [2.05, 4.69) is 62.1 Å². The lowest BCUT2D eigenvalue weighted by atomic mass is 10.1. The van der Waals surface area contributed by atoms with Crippen LogP contribution in [0.4, 0.5) is 0 Å². The van der Waals surface area contributed by atoms with Gasteiger partial charge in [-0.1, -0.05) is 74.0 Å². The Morgan fingerprint density at radius 1 is 0.913 bits per heavy atom. The Morgan fingerprint density at radius 2 is 1.61 bits per heavy atom. The Labute approximate surface area is 140 Å². The molecule has 2 nitrogen and oxygen atoms in total. The lowest BCUT2D eigenvalue weighted by Crippen LogP contribution is -2.35. The molecule has 0 heterocycles. The molecule has 0 aliphatic rings. The third kappa shape index (κ3) is 6.55. The summed E-state index contributed by atoms with van der Waals surface area (Å²) in [4.78, 5) is 2.37. The van der Waals surface area contributed by atoms with E-state index in [9.17, 15) is 5.11 Å². The van der Waals surface area contributed by atoms with Gasteiger partial charge in [-0.3, -0.25) is 4.90 Å². The van der Waals surface area contributed by atoms with Gasteiger partial charge in [0.25, 0.3) is 0 Å². The van der Waals surface area contributed by atoms with Crippen LogP contribution in [0.15, 0.2) is 54.6 Å². The second-order valence-corrected chi connectivity index (χ2v) is 6.92. The van der Waals surface area contributed by atoms with E-state index in [4.69, 9.17) is 0 Å². The highest BCUT2D eigenvalue weighted by atomic mass is 16.3. The van der Waals surface area contributed by atoms with Crippen molar-refractivity contribution in [2.24, 2.45) is 5.92 Å². The molecule has 0 bridgehead atoms. The highest BCUT2D eigenvalue weighted by Gasteiger charge is 2.14. The summed E-state index contributed by atoms with van der Waals surface area (Å²) in [6, 6.07) is 18.9. The van der Waals surface area contributed by atoms with E-state index in [0.29, 0.717) is 18.9 Å². The van der Waals surface area contributed by atoms with Crippen molar-refractivity contribution < 1.29 is 5.11 Å². The van der Waals surface area contributed by atoms with E-state index >= 15 is 0 Å². The molecule has 2 rings (SSSR count). The summed E-state index contributed by atoms with van der Waals surface area (Å²) in [5.41, 5.74) is 3.80. The zero-order valence-electron chi connectivity index (χ0n) is 14.6. The first kappa shape index (κ1) is 17.7. The van der Waals surface area contributed by atoms with Crippen LogP contribution in [0.3, 0.4) is 0 Å². The first-order valence-electron chi connectivity index (χ1n) is 8.53. The average molecular weight is 311 g/mol. The molecule has 2 aromatic rings. The summed E-state index contributed by atoms with van der Waals surface area (Å²) in [6.07, 6.45) is 0.379. The average Bonchev–Trinajstić information content (AvgIpc) is 2.47. The van der Waals surface area contributed by atoms with Crippen molar-refractivity contribution in [2.45, 2.75) is 39.8 Å². The van der Waals surface area contributed by atoms with Crippen LogP contribution in [0.2, 0.25) is 0 Å². The van der Waals surface area contributed by atoms with Crippen molar-refractivity contribution in [1.82, 2.24) is 4.90 Å². The zero-order valence-corrected chi connectivity index (χ0v) is 14.6. The summed E-state index contributed by atoms with van der Waals surface area (Å²) in [6.45, 7) is 9.19. The minimum absolute atomic E-state index is 0.332. The smallest absolute Gasteiger partial charge is 0.0707 e. The molecular weight excluding hydrogens is 282 g/mol. The number of aryl methyl sites for hydroxylation is 1. The van der Waals surface area contributed by atoms with Crippen LogP contribution in [0.5, 0.6) is 0 Å².